The maximum atomic E-state index is 12.9. The Hall–Kier alpha value is -2.88. The van der Waals surface area contributed by atoms with Crippen molar-refractivity contribution in [2.45, 2.75) is 6.18 Å². The highest BCUT2D eigenvalue weighted by atomic mass is 19.4. The van der Waals surface area contributed by atoms with Gasteiger partial charge in [-0.15, -0.1) is 0 Å². The predicted molar refractivity (Wildman–Crippen MR) is 83.1 cm³/mol. The van der Waals surface area contributed by atoms with E-state index in [9.17, 15) is 13.2 Å². The Morgan fingerprint density at radius 3 is 2.54 bits per heavy atom. The van der Waals surface area contributed by atoms with Crippen molar-refractivity contribution < 1.29 is 22.6 Å². The lowest BCUT2D eigenvalue weighted by Gasteiger charge is -2.13. The van der Waals surface area contributed by atoms with Crippen LogP contribution in [0, 0.1) is 11.3 Å². The third kappa shape index (κ3) is 4.56. The Bertz CT molecular complexity index is 739. The molecule has 126 valence electrons. The summed E-state index contributed by atoms with van der Waals surface area (Å²) in [6.45, 7) is 0.564. The van der Waals surface area contributed by atoms with Crippen molar-refractivity contribution in [2.75, 3.05) is 25.6 Å². The molecular weight excluding hydrogens is 321 g/mol. The zero-order valence-corrected chi connectivity index (χ0v) is 12.9. The molecule has 2 rings (SSSR count). The van der Waals surface area contributed by atoms with Gasteiger partial charge >= 0.3 is 6.18 Å². The van der Waals surface area contributed by atoms with E-state index in [1.165, 1.54) is 6.07 Å². The Balaban J connectivity index is 1.94. The van der Waals surface area contributed by atoms with Crippen LogP contribution in [0.5, 0.6) is 11.5 Å². The molecule has 0 spiro atoms. The SMILES string of the molecule is COc1cccc(OCCNc2ccc(C#N)c(C(F)(F)F)c2)c1. The molecule has 0 saturated heterocycles. The smallest absolute Gasteiger partial charge is 0.417 e. The minimum Gasteiger partial charge on any atom is -0.497 e. The largest absolute Gasteiger partial charge is 0.497 e. The number of anilines is 1. The summed E-state index contributed by atoms with van der Waals surface area (Å²) >= 11 is 0. The third-order valence-corrected chi connectivity index (χ3v) is 3.19. The van der Waals surface area contributed by atoms with E-state index >= 15 is 0 Å². The molecule has 0 aromatic heterocycles. The second kappa shape index (κ2) is 7.59. The first-order valence-electron chi connectivity index (χ1n) is 7.06. The van der Waals surface area contributed by atoms with Crippen molar-refractivity contribution in [3.05, 3.63) is 53.6 Å². The van der Waals surface area contributed by atoms with E-state index < -0.39 is 17.3 Å². The summed E-state index contributed by atoms with van der Waals surface area (Å²) in [6, 6.07) is 12.1. The number of rotatable bonds is 6. The van der Waals surface area contributed by atoms with Crippen LogP contribution in [0.2, 0.25) is 0 Å². The molecule has 0 aliphatic heterocycles. The number of alkyl halides is 3. The van der Waals surface area contributed by atoms with Crippen molar-refractivity contribution in [1.29, 1.82) is 5.26 Å². The number of benzene rings is 2. The standard InChI is InChI=1S/C17H15F3N2O2/c1-23-14-3-2-4-15(10-14)24-8-7-22-13-6-5-12(11-21)16(9-13)17(18,19)20/h2-6,9-10,22H,7-8H2,1H3. The summed E-state index contributed by atoms with van der Waals surface area (Å²) in [5, 5.41) is 11.6. The van der Waals surface area contributed by atoms with Crippen LogP contribution in [-0.4, -0.2) is 20.3 Å². The average Bonchev–Trinajstić information content (AvgIpc) is 2.58. The van der Waals surface area contributed by atoms with Crippen LogP contribution < -0.4 is 14.8 Å². The van der Waals surface area contributed by atoms with Crippen LogP contribution in [0.3, 0.4) is 0 Å². The number of nitrogens with one attached hydrogen (secondary N) is 1. The summed E-state index contributed by atoms with van der Waals surface area (Å²) in [5.74, 6) is 1.26. The maximum absolute atomic E-state index is 12.9. The monoisotopic (exact) mass is 336 g/mol. The van der Waals surface area contributed by atoms with E-state index in [0.717, 1.165) is 12.1 Å². The molecule has 0 atom stereocenters. The van der Waals surface area contributed by atoms with Crippen molar-refractivity contribution >= 4 is 5.69 Å². The molecule has 4 nitrogen and oxygen atoms in total. The quantitative estimate of drug-likeness (QED) is 0.808. The number of ether oxygens (including phenoxy) is 2. The fourth-order valence-corrected chi connectivity index (χ4v) is 2.04. The van der Waals surface area contributed by atoms with Crippen molar-refractivity contribution in [2.24, 2.45) is 0 Å². The Labute approximate surface area is 137 Å². The number of hydrogen-bond donors (Lipinski definition) is 1. The van der Waals surface area contributed by atoms with Gasteiger partial charge in [0.2, 0.25) is 0 Å². The van der Waals surface area contributed by atoms with Gasteiger partial charge in [0.25, 0.3) is 0 Å². The first-order valence-corrected chi connectivity index (χ1v) is 7.06. The van der Waals surface area contributed by atoms with Crippen LogP contribution in [0.1, 0.15) is 11.1 Å². The molecule has 2 aromatic rings. The van der Waals surface area contributed by atoms with Crippen LogP contribution >= 0.6 is 0 Å². The molecule has 0 heterocycles. The molecule has 0 aliphatic carbocycles. The Morgan fingerprint density at radius 1 is 1.12 bits per heavy atom. The third-order valence-electron chi connectivity index (χ3n) is 3.19. The highest BCUT2D eigenvalue weighted by molar-refractivity contribution is 5.53. The second-order valence-corrected chi connectivity index (χ2v) is 4.82. The Morgan fingerprint density at radius 2 is 1.88 bits per heavy atom. The molecule has 0 amide bonds. The molecule has 0 unspecified atom stereocenters. The zero-order chi connectivity index (χ0) is 17.6. The van der Waals surface area contributed by atoms with Gasteiger partial charge in [-0.1, -0.05) is 6.07 Å². The van der Waals surface area contributed by atoms with Crippen molar-refractivity contribution in [3.8, 4) is 17.6 Å². The fourth-order valence-electron chi connectivity index (χ4n) is 2.04. The van der Waals surface area contributed by atoms with E-state index in [4.69, 9.17) is 14.7 Å². The fraction of sp³-hybridized carbons (Fsp3) is 0.235. The molecule has 1 N–H and O–H groups in total. The molecule has 0 saturated carbocycles. The molecular formula is C17H15F3N2O2. The summed E-state index contributed by atoms with van der Waals surface area (Å²) in [6.07, 6.45) is -4.57. The van der Waals surface area contributed by atoms with Gasteiger partial charge in [-0.05, 0) is 30.3 Å². The van der Waals surface area contributed by atoms with Crippen LogP contribution in [0.25, 0.3) is 0 Å². The van der Waals surface area contributed by atoms with Gasteiger partial charge in [0.15, 0.2) is 0 Å². The van der Waals surface area contributed by atoms with E-state index in [1.807, 2.05) is 0 Å². The van der Waals surface area contributed by atoms with Gasteiger partial charge in [0, 0.05) is 18.3 Å². The Kier molecular flexibility index (Phi) is 5.53. The second-order valence-electron chi connectivity index (χ2n) is 4.82. The lowest BCUT2D eigenvalue weighted by Crippen LogP contribution is -2.13. The lowest BCUT2D eigenvalue weighted by atomic mass is 10.1. The van der Waals surface area contributed by atoms with Crippen molar-refractivity contribution in [1.82, 2.24) is 0 Å². The molecule has 0 bridgehead atoms. The number of methoxy groups -OCH3 is 1. The minimum absolute atomic E-state index is 0.258. The normalized spacial score (nSPS) is 10.8. The highest BCUT2D eigenvalue weighted by Gasteiger charge is 2.33. The van der Waals surface area contributed by atoms with Crippen LogP contribution in [0.15, 0.2) is 42.5 Å². The van der Waals surface area contributed by atoms with Gasteiger partial charge in [0.05, 0.1) is 24.3 Å². The van der Waals surface area contributed by atoms with Gasteiger partial charge in [-0.3, -0.25) is 0 Å². The van der Waals surface area contributed by atoms with Crippen LogP contribution in [0.4, 0.5) is 18.9 Å². The van der Waals surface area contributed by atoms with E-state index in [-0.39, 0.29) is 12.3 Å². The molecule has 0 fully saturated rings. The average molecular weight is 336 g/mol. The zero-order valence-electron chi connectivity index (χ0n) is 12.9. The molecule has 2 aromatic carbocycles. The predicted octanol–water partition coefficient (Wildman–Crippen LogP) is 4.08. The van der Waals surface area contributed by atoms with E-state index in [0.29, 0.717) is 18.0 Å². The molecule has 7 heteroatoms. The molecule has 0 aliphatic rings. The lowest BCUT2D eigenvalue weighted by molar-refractivity contribution is -0.137. The first kappa shape index (κ1) is 17.5. The summed E-state index contributed by atoms with van der Waals surface area (Å²) in [7, 11) is 1.55. The van der Waals surface area contributed by atoms with Gasteiger partial charge in [-0.25, -0.2) is 0 Å². The molecule has 0 radical (unpaired) electrons. The van der Waals surface area contributed by atoms with E-state index in [1.54, 1.807) is 37.4 Å². The van der Waals surface area contributed by atoms with Crippen molar-refractivity contribution in [3.63, 3.8) is 0 Å². The summed E-state index contributed by atoms with van der Waals surface area (Å²) < 4.78 is 49.2. The number of nitriles is 1. The highest BCUT2D eigenvalue weighted by Crippen LogP contribution is 2.33. The van der Waals surface area contributed by atoms with Gasteiger partial charge in [0.1, 0.15) is 18.1 Å². The molecule has 24 heavy (non-hydrogen) atoms. The van der Waals surface area contributed by atoms with Gasteiger partial charge < -0.3 is 14.8 Å². The summed E-state index contributed by atoms with van der Waals surface area (Å²) in [5.41, 5.74) is -1.08. The minimum atomic E-state index is -4.57. The number of nitrogens with zero attached hydrogens (tertiary/aromatic N) is 1. The topological polar surface area (TPSA) is 54.3 Å². The number of halogens is 3. The maximum Gasteiger partial charge on any atom is 0.417 e. The summed E-state index contributed by atoms with van der Waals surface area (Å²) in [4.78, 5) is 0. The first-order chi connectivity index (χ1) is 11.4. The number of hydrogen-bond acceptors (Lipinski definition) is 4. The van der Waals surface area contributed by atoms with E-state index in [2.05, 4.69) is 5.32 Å². The van der Waals surface area contributed by atoms with Gasteiger partial charge in [-0.2, -0.15) is 18.4 Å². The van der Waals surface area contributed by atoms with Crippen LogP contribution in [-0.2, 0) is 6.18 Å².